The Balaban J connectivity index is 2.57. The number of aromatic nitrogens is 2. The van der Waals surface area contributed by atoms with Gasteiger partial charge in [0.1, 0.15) is 5.75 Å². The lowest BCUT2D eigenvalue weighted by Gasteiger charge is -2.01. The number of fused-ring (bicyclic) bond motifs is 3. The van der Waals surface area contributed by atoms with Gasteiger partial charge in [-0.2, -0.15) is 0 Å². The van der Waals surface area contributed by atoms with E-state index >= 15 is 0 Å². The number of hydrogen-bond acceptors (Lipinski definition) is 2. The normalized spacial score (nSPS) is 11.2. The van der Waals surface area contributed by atoms with Crippen LogP contribution >= 0.6 is 0 Å². The maximum atomic E-state index is 11.7. The molecular weight excluding hydrogens is 228 g/mol. The van der Waals surface area contributed by atoms with Crippen molar-refractivity contribution in [3.05, 3.63) is 40.3 Å². The SMILES string of the molecule is CCc1[nH]c(=O)cc2c1[nH]c1cccc(OC)c12. The molecule has 3 rings (SSSR count). The van der Waals surface area contributed by atoms with E-state index in [0.717, 1.165) is 39.7 Å². The average Bonchev–Trinajstić information content (AvgIpc) is 2.76. The van der Waals surface area contributed by atoms with Crippen LogP contribution in [0.1, 0.15) is 12.6 Å². The number of benzene rings is 1. The van der Waals surface area contributed by atoms with E-state index in [1.54, 1.807) is 13.2 Å². The molecule has 4 nitrogen and oxygen atoms in total. The van der Waals surface area contributed by atoms with Gasteiger partial charge in [-0.3, -0.25) is 4.79 Å². The third-order valence-corrected chi connectivity index (χ3v) is 3.25. The summed E-state index contributed by atoms with van der Waals surface area (Å²) >= 11 is 0. The van der Waals surface area contributed by atoms with Crippen LogP contribution < -0.4 is 10.3 Å². The second-order valence-corrected chi connectivity index (χ2v) is 4.26. The first kappa shape index (κ1) is 10.9. The van der Waals surface area contributed by atoms with Crippen molar-refractivity contribution in [3.63, 3.8) is 0 Å². The monoisotopic (exact) mass is 242 g/mol. The zero-order chi connectivity index (χ0) is 12.7. The van der Waals surface area contributed by atoms with Gasteiger partial charge in [-0.05, 0) is 18.6 Å². The maximum absolute atomic E-state index is 11.7. The van der Waals surface area contributed by atoms with Crippen LogP contribution in [0.2, 0.25) is 0 Å². The quantitative estimate of drug-likeness (QED) is 0.725. The molecule has 0 bridgehead atoms. The third-order valence-electron chi connectivity index (χ3n) is 3.25. The maximum Gasteiger partial charge on any atom is 0.248 e. The number of pyridine rings is 1. The number of hydrogen-bond donors (Lipinski definition) is 2. The number of nitrogens with one attached hydrogen (secondary N) is 2. The number of aryl methyl sites for hydroxylation is 1. The Kier molecular flexibility index (Phi) is 2.37. The molecular formula is C14H14N2O2. The molecule has 0 spiro atoms. The van der Waals surface area contributed by atoms with Crippen molar-refractivity contribution in [1.82, 2.24) is 9.97 Å². The topological polar surface area (TPSA) is 57.9 Å². The molecule has 2 aromatic heterocycles. The molecule has 0 saturated carbocycles. The van der Waals surface area contributed by atoms with Crippen LogP contribution in [-0.4, -0.2) is 17.1 Å². The van der Waals surface area contributed by atoms with Crippen LogP contribution in [0.25, 0.3) is 21.8 Å². The predicted octanol–water partition coefficient (Wildman–Crippen LogP) is 2.58. The fraction of sp³-hybridized carbons (Fsp3) is 0.214. The Bertz CT molecular complexity index is 783. The Morgan fingerprint density at radius 2 is 2.11 bits per heavy atom. The first-order valence-corrected chi connectivity index (χ1v) is 5.95. The average molecular weight is 242 g/mol. The molecule has 0 atom stereocenters. The molecule has 4 heteroatoms. The standard InChI is InChI=1S/C14H14N2O2/c1-3-9-14-8(7-12(17)15-9)13-10(16-14)5-4-6-11(13)18-2/h4-7,16H,3H2,1-2H3,(H,15,17). The summed E-state index contributed by atoms with van der Waals surface area (Å²) in [5, 5.41) is 1.89. The number of aromatic amines is 2. The van der Waals surface area contributed by atoms with Gasteiger partial charge in [0.2, 0.25) is 5.56 Å². The summed E-state index contributed by atoms with van der Waals surface area (Å²) in [6.07, 6.45) is 0.779. The summed E-state index contributed by atoms with van der Waals surface area (Å²) in [5.74, 6) is 0.784. The molecule has 0 aliphatic rings. The molecule has 0 fully saturated rings. The molecule has 0 aliphatic heterocycles. The highest BCUT2D eigenvalue weighted by Crippen LogP contribution is 2.32. The Labute approximate surface area is 104 Å². The zero-order valence-corrected chi connectivity index (χ0v) is 10.3. The van der Waals surface area contributed by atoms with E-state index in [2.05, 4.69) is 9.97 Å². The van der Waals surface area contributed by atoms with Crippen LogP contribution in [-0.2, 0) is 6.42 Å². The van der Waals surface area contributed by atoms with E-state index in [4.69, 9.17) is 4.74 Å². The molecule has 92 valence electrons. The van der Waals surface area contributed by atoms with Crippen molar-refractivity contribution in [3.8, 4) is 5.75 Å². The minimum Gasteiger partial charge on any atom is -0.496 e. The van der Waals surface area contributed by atoms with Gasteiger partial charge in [0, 0.05) is 22.5 Å². The van der Waals surface area contributed by atoms with E-state index in [1.807, 2.05) is 25.1 Å². The number of rotatable bonds is 2. The van der Waals surface area contributed by atoms with Crippen LogP contribution in [0.15, 0.2) is 29.1 Å². The van der Waals surface area contributed by atoms with E-state index < -0.39 is 0 Å². The Morgan fingerprint density at radius 3 is 2.83 bits per heavy atom. The minimum atomic E-state index is -0.0776. The van der Waals surface area contributed by atoms with Crippen LogP contribution in [0, 0.1) is 0 Å². The first-order valence-electron chi connectivity index (χ1n) is 5.95. The lowest BCUT2D eigenvalue weighted by atomic mass is 10.1. The van der Waals surface area contributed by atoms with Gasteiger partial charge < -0.3 is 14.7 Å². The fourth-order valence-electron chi connectivity index (χ4n) is 2.44. The smallest absolute Gasteiger partial charge is 0.248 e. The van der Waals surface area contributed by atoms with Crippen molar-refractivity contribution < 1.29 is 4.74 Å². The van der Waals surface area contributed by atoms with Gasteiger partial charge in [0.05, 0.1) is 18.1 Å². The van der Waals surface area contributed by atoms with Crippen LogP contribution in [0.4, 0.5) is 0 Å². The van der Waals surface area contributed by atoms with Crippen molar-refractivity contribution in [2.24, 2.45) is 0 Å². The largest absolute Gasteiger partial charge is 0.496 e. The van der Waals surface area contributed by atoms with Crippen molar-refractivity contribution in [2.45, 2.75) is 13.3 Å². The van der Waals surface area contributed by atoms with Crippen molar-refractivity contribution in [2.75, 3.05) is 7.11 Å². The summed E-state index contributed by atoms with van der Waals surface area (Å²) in [5.41, 5.74) is 2.82. The molecule has 0 unspecified atom stereocenters. The number of methoxy groups -OCH3 is 1. The summed E-state index contributed by atoms with van der Waals surface area (Å²) < 4.78 is 5.38. The molecule has 2 N–H and O–H groups in total. The van der Waals surface area contributed by atoms with Gasteiger partial charge in [-0.25, -0.2) is 0 Å². The highest BCUT2D eigenvalue weighted by Gasteiger charge is 2.12. The van der Waals surface area contributed by atoms with E-state index in [9.17, 15) is 4.79 Å². The summed E-state index contributed by atoms with van der Waals surface area (Å²) in [6, 6.07) is 7.45. The van der Waals surface area contributed by atoms with E-state index in [0.29, 0.717) is 0 Å². The van der Waals surface area contributed by atoms with Gasteiger partial charge in [0.15, 0.2) is 0 Å². The summed E-state index contributed by atoms with van der Waals surface area (Å²) in [6.45, 7) is 2.02. The highest BCUT2D eigenvalue weighted by molar-refractivity contribution is 6.10. The minimum absolute atomic E-state index is 0.0776. The lowest BCUT2D eigenvalue weighted by Crippen LogP contribution is -2.06. The molecule has 2 heterocycles. The van der Waals surface area contributed by atoms with E-state index in [1.165, 1.54) is 0 Å². The Hall–Kier alpha value is -2.23. The van der Waals surface area contributed by atoms with Gasteiger partial charge in [-0.15, -0.1) is 0 Å². The van der Waals surface area contributed by atoms with E-state index in [-0.39, 0.29) is 5.56 Å². The summed E-state index contributed by atoms with van der Waals surface area (Å²) in [7, 11) is 1.64. The zero-order valence-electron chi connectivity index (χ0n) is 10.3. The van der Waals surface area contributed by atoms with Gasteiger partial charge in [-0.1, -0.05) is 13.0 Å². The summed E-state index contributed by atoms with van der Waals surface area (Å²) in [4.78, 5) is 17.9. The van der Waals surface area contributed by atoms with Crippen molar-refractivity contribution in [1.29, 1.82) is 0 Å². The molecule has 0 aliphatic carbocycles. The second kappa shape index (κ2) is 3.91. The predicted molar refractivity (Wildman–Crippen MR) is 72.4 cm³/mol. The molecule has 0 amide bonds. The van der Waals surface area contributed by atoms with Crippen LogP contribution in [0.3, 0.4) is 0 Å². The lowest BCUT2D eigenvalue weighted by molar-refractivity contribution is 0.420. The first-order chi connectivity index (χ1) is 8.74. The number of H-pyrrole nitrogens is 2. The van der Waals surface area contributed by atoms with Crippen LogP contribution in [0.5, 0.6) is 5.75 Å². The molecule has 3 aromatic rings. The van der Waals surface area contributed by atoms with Gasteiger partial charge >= 0.3 is 0 Å². The third kappa shape index (κ3) is 1.42. The molecule has 18 heavy (non-hydrogen) atoms. The Morgan fingerprint density at radius 1 is 1.28 bits per heavy atom. The number of ether oxygens (including phenoxy) is 1. The molecule has 1 aromatic carbocycles. The van der Waals surface area contributed by atoms with Crippen molar-refractivity contribution >= 4 is 21.8 Å². The molecule has 0 radical (unpaired) electrons. The highest BCUT2D eigenvalue weighted by atomic mass is 16.5. The molecule has 0 saturated heterocycles. The fourth-order valence-corrected chi connectivity index (χ4v) is 2.44. The second-order valence-electron chi connectivity index (χ2n) is 4.26. The van der Waals surface area contributed by atoms with Gasteiger partial charge in [0.25, 0.3) is 0 Å².